The maximum atomic E-state index is 12.7. The predicted molar refractivity (Wildman–Crippen MR) is 103 cm³/mol. The van der Waals surface area contributed by atoms with E-state index < -0.39 is 5.41 Å². The van der Waals surface area contributed by atoms with Crippen LogP contribution in [0, 0.1) is 0 Å². The molecule has 3 aromatic carbocycles. The molecule has 0 aliphatic heterocycles. The molecule has 3 aromatic rings. The molecule has 0 radical (unpaired) electrons. The molecule has 0 aliphatic carbocycles. The molecule has 2 nitrogen and oxygen atoms in total. The zero-order valence-corrected chi connectivity index (χ0v) is 14.5. The van der Waals surface area contributed by atoms with Gasteiger partial charge in [-0.15, -0.1) is 0 Å². The number of rotatable bonds is 6. The molecule has 0 saturated carbocycles. The van der Waals surface area contributed by atoms with Gasteiger partial charge >= 0.3 is 0 Å². The molecule has 2 heteroatoms. The molecular formula is C23H23NO. The van der Waals surface area contributed by atoms with E-state index in [2.05, 4.69) is 41.7 Å². The average Bonchev–Trinajstić information content (AvgIpc) is 2.68. The summed E-state index contributed by atoms with van der Waals surface area (Å²) in [5.41, 5.74) is 2.86. The van der Waals surface area contributed by atoms with Gasteiger partial charge in [0.05, 0.1) is 5.41 Å². The van der Waals surface area contributed by atoms with Crippen LogP contribution in [0.4, 0.5) is 0 Å². The van der Waals surface area contributed by atoms with Crippen molar-refractivity contribution in [2.75, 3.05) is 6.54 Å². The molecule has 0 heterocycles. The third kappa shape index (κ3) is 3.48. The molecule has 0 saturated heterocycles. The van der Waals surface area contributed by atoms with Gasteiger partial charge in [0, 0.05) is 13.0 Å². The van der Waals surface area contributed by atoms with Gasteiger partial charge in [0.1, 0.15) is 0 Å². The van der Waals surface area contributed by atoms with Gasteiger partial charge in [0.15, 0.2) is 0 Å². The highest BCUT2D eigenvalue weighted by atomic mass is 16.1. The van der Waals surface area contributed by atoms with E-state index >= 15 is 0 Å². The first-order chi connectivity index (χ1) is 12.3. The minimum Gasteiger partial charge on any atom is -0.356 e. The van der Waals surface area contributed by atoms with Gasteiger partial charge in [0.2, 0.25) is 5.91 Å². The summed E-state index contributed by atoms with van der Waals surface area (Å²) < 4.78 is 0. The van der Waals surface area contributed by atoms with Gasteiger partial charge in [-0.3, -0.25) is 4.79 Å². The summed E-state index contributed by atoms with van der Waals surface area (Å²) >= 11 is 0. The lowest BCUT2D eigenvalue weighted by molar-refractivity contribution is -0.121. The van der Waals surface area contributed by atoms with E-state index in [1.54, 1.807) is 0 Å². The van der Waals surface area contributed by atoms with Crippen molar-refractivity contribution in [2.24, 2.45) is 0 Å². The molecule has 0 aromatic heterocycles. The van der Waals surface area contributed by atoms with E-state index in [4.69, 9.17) is 0 Å². The second-order valence-electron chi connectivity index (χ2n) is 6.13. The van der Waals surface area contributed by atoms with Gasteiger partial charge in [-0.05, 0) is 23.6 Å². The highest BCUT2D eigenvalue weighted by Gasteiger charge is 2.38. The number of amides is 1. The second-order valence-corrected chi connectivity index (χ2v) is 6.13. The topological polar surface area (TPSA) is 29.1 Å². The van der Waals surface area contributed by atoms with Crippen molar-refractivity contribution in [1.82, 2.24) is 5.32 Å². The summed E-state index contributed by atoms with van der Waals surface area (Å²) in [5.74, 6) is 0.0547. The van der Waals surface area contributed by atoms with Crippen LogP contribution in [0.5, 0.6) is 0 Å². The van der Waals surface area contributed by atoms with Crippen molar-refractivity contribution in [2.45, 2.75) is 18.8 Å². The highest BCUT2D eigenvalue weighted by molar-refractivity contribution is 5.80. The Morgan fingerprint density at radius 3 is 1.40 bits per heavy atom. The van der Waals surface area contributed by atoms with Crippen LogP contribution in [-0.4, -0.2) is 12.5 Å². The molecule has 0 atom stereocenters. The Morgan fingerprint density at radius 2 is 1.08 bits per heavy atom. The summed E-state index contributed by atoms with van der Waals surface area (Å²) in [4.78, 5) is 12.7. The van der Waals surface area contributed by atoms with Crippen LogP contribution in [0.25, 0.3) is 0 Å². The van der Waals surface area contributed by atoms with E-state index in [1.807, 2.05) is 61.5 Å². The minimum atomic E-state index is -0.511. The van der Waals surface area contributed by atoms with E-state index in [9.17, 15) is 4.79 Å². The Labute approximate surface area is 149 Å². The van der Waals surface area contributed by atoms with Gasteiger partial charge < -0.3 is 5.32 Å². The minimum absolute atomic E-state index is 0.0547. The standard InChI is InChI=1S/C23H23NO/c1-2-24-22(25)18-23(19-12-6-3-7-13-19,20-14-8-4-9-15-20)21-16-10-5-11-17-21/h3-17H,2,18H2,1H3,(H,24,25). The van der Waals surface area contributed by atoms with Crippen LogP contribution in [0.15, 0.2) is 91.0 Å². The molecule has 25 heavy (non-hydrogen) atoms. The summed E-state index contributed by atoms with van der Waals surface area (Å²) in [5, 5.41) is 2.97. The summed E-state index contributed by atoms with van der Waals surface area (Å²) in [6.07, 6.45) is 0.374. The molecule has 126 valence electrons. The number of carbonyl (C=O) groups is 1. The molecule has 1 N–H and O–H groups in total. The monoisotopic (exact) mass is 329 g/mol. The number of hydrogen-bond acceptors (Lipinski definition) is 1. The van der Waals surface area contributed by atoms with Gasteiger partial charge in [-0.2, -0.15) is 0 Å². The lowest BCUT2D eigenvalue weighted by Crippen LogP contribution is -2.37. The number of hydrogen-bond donors (Lipinski definition) is 1. The average molecular weight is 329 g/mol. The summed E-state index contributed by atoms with van der Waals surface area (Å²) in [6.45, 7) is 2.58. The van der Waals surface area contributed by atoms with Crippen LogP contribution in [-0.2, 0) is 10.2 Å². The maximum Gasteiger partial charge on any atom is 0.221 e. The van der Waals surface area contributed by atoms with Crippen LogP contribution in [0.2, 0.25) is 0 Å². The van der Waals surface area contributed by atoms with E-state index in [0.717, 1.165) is 16.7 Å². The molecular weight excluding hydrogens is 306 g/mol. The Kier molecular flexibility index (Phi) is 5.30. The first kappa shape index (κ1) is 17.0. The predicted octanol–water partition coefficient (Wildman–Crippen LogP) is 4.55. The molecule has 0 aliphatic rings. The van der Waals surface area contributed by atoms with Crippen molar-refractivity contribution >= 4 is 5.91 Å². The zero-order chi connectivity index (χ0) is 17.5. The number of carbonyl (C=O) groups excluding carboxylic acids is 1. The van der Waals surface area contributed by atoms with Gasteiger partial charge in [0.25, 0.3) is 0 Å². The van der Waals surface area contributed by atoms with Crippen LogP contribution < -0.4 is 5.32 Å². The fraction of sp³-hybridized carbons (Fsp3) is 0.174. The van der Waals surface area contributed by atoms with Crippen molar-refractivity contribution in [1.29, 1.82) is 0 Å². The summed E-state index contributed by atoms with van der Waals surface area (Å²) in [6, 6.07) is 30.9. The molecule has 0 unspecified atom stereocenters. The largest absolute Gasteiger partial charge is 0.356 e. The molecule has 0 spiro atoms. The smallest absolute Gasteiger partial charge is 0.221 e. The summed E-state index contributed by atoms with van der Waals surface area (Å²) in [7, 11) is 0. The van der Waals surface area contributed by atoms with E-state index in [0.29, 0.717) is 13.0 Å². The van der Waals surface area contributed by atoms with Gasteiger partial charge in [-0.25, -0.2) is 0 Å². The van der Waals surface area contributed by atoms with Crippen LogP contribution in [0.1, 0.15) is 30.0 Å². The second kappa shape index (κ2) is 7.80. The van der Waals surface area contributed by atoms with Crippen molar-refractivity contribution in [3.63, 3.8) is 0 Å². The molecule has 3 rings (SSSR count). The fourth-order valence-corrected chi connectivity index (χ4v) is 3.47. The quantitative estimate of drug-likeness (QED) is 0.661. The van der Waals surface area contributed by atoms with Gasteiger partial charge in [-0.1, -0.05) is 91.0 Å². The van der Waals surface area contributed by atoms with Crippen molar-refractivity contribution < 1.29 is 4.79 Å². The van der Waals surface area contributed by atoms with E-state index in [-0.39, 0.29) is 5.91 Å². The zero-order valence-electron chi connectivity index (χ0n) is 14.5. The third-order valence-corrected chi connectivity index (χ3v) is 4.60. The number of benzene rings is 3. The normalized spacial score (nSPS) is 11.1. The van der Waals surface area contributed by atoms with Crippen LogP contribution in [0.3, 0.4) is 0 Å². The van der Waals surface area contributed by atoms with Crippen molar-refractivity contribution in [3.05, 3.63) is 108 Å². The van der Waals surface area contributed by atoms with Crippen LogP contribution >= 0.6 is 0 Å². The maximum absolute atomic E-state index is 12.7. The molecule has 0 bridgehead atoms. The van der Waals surface area contributed by atoms with Crippen molar-refractivity contribution in [3.8, 4) is 0 Å². The first-order valence-corrected chi connectivity index (χ1v) is 8.70. The Bertz CT molecular complexity index is 701. The molecule has 0 fully saturated rings. The lowest BCUT2D eigenvalue weighted by atomic mass is 9.67. The molecule has 1 amide bonds. The Morgan fingerprint density at radius 1 is 0.720 bits per heavy atom. The first-order valence-electron chi connectivity index (χ1n) is 8.70. The SMILES string of the molecule is CCNC(=O)CC(c1ccccc1)(c1ccccc1)c1ccccc1. The van der Waals surface area contributed by atoms with E-state index in [1.165, 1.54) is 0 Å². The fourth-order valence-electron chi connectivity index (χ4n) is 3.47. The lowest BCUT2D eigenvalue weighted by Gasteiger charge is -2.35. The third-order valence-electron chi connectivity index (χ3n) is 4.60. The number of nitrogens with one attached hydrogen (secondary N) is 1. The Hall–Kier alpha value is -2.87. The Balaban J connectivity index is 2.26. The highest BCUT2D eigenvalue weighted by Crippen LogP contribution is 2.42.